The summed E-state index contributed by atoms with van der Waals surface area (Å²) in [5, 5.41) is 2.49. The molecular formula is C11H15NO4. The minimum Gasteiger partial charge on any atom is -0.464 e. The normalized spacial score (nSPS) is 11.9. The Morgan fingerprint density at radius 1 is 1.50 bits per heavy atom. The monoisotopic (exact) mass is 225 g/mol. The zero-order valence-electron chi connectivity index (χ0n) is 9.57. The van der Waals surface area contributed by atoms with Gasteiger partial charge in [-0.1, -0.05) is 0 Å². The summed E-state index contributed by atoms with van der Waals surface area (Å²) in [6.45, 7) is 5.30. The summed E-state index contributed by atoms with van der Waals surface area (Å²) in [6.07, 6.45) is 0. The van der Waals surface area contributed by atoms with Gasteiger partial charge < -0.3 is 14.5 Å². The van der Waals surface area contributed by atoms with E-state index in [1.54, 1.807) is 32.9 Å². The van der Waals surface area contributed by atoms with E-state index in [9.17, 15) is 9.59 Å². The van der Waals surface area contributed by atoms with Crippen molar-refractivity contribution in [3.8, 4) is 0 Å². The maximum absolute atomic E-state index is 11.6. The molecule has 0 spiro atoms. The molecule has 1 atom stereocenters. The third-order valence-corrected chi connectivity index (χ3v) is 1.95. The van der Waals surface area contributed by atoms with E-state index in [1.165, 1.54) is 0 Å². The highest BCUT2D eigenvalue weighted by Crippen LogP contribution is 2.06. The van der Waals surface area contributed by atoms with Gasteiger partial charge in [0.2, 0.25) is 0 Å². The molecule has 0 aromatic carbocycles. The van der Waals surface area contributed by atoms with E-state index >= 15 is 0 Å². The van der Waals surface area contributed by atoms with Crippen LogP contribution in [0.1, 0.15) is 30.2 Å². The van der Waals surface area contributed by atoms with E-state index in [0.717, 1.165) is 0 Å². The molecule has 0 saturated carbocycles. The molecule has 0 saturated heterocycles. The molecule has 0 aliphatic rings. The number of aryl methyl sites for hydroxylation is 1. The fraction of sp³-hybridized carbons (Fsp3) is 0.455. The first-order valence-electron chi connectivity index (χ1n) is 5.08. The molecule has 0 radical (unpaired) electrons. The van der Waals surface area contributed by atoms with Gasteiger partial charge in [-0.05, 0) is 32.9 Å². The van der Waals surface area contributed by atoms with Crippen molar-refractivity contribution in [2.75, 3.05) is 6.61 Å². The first kappa shape index (κ1) is 12.3. The number of amides is 1. The summed E-state index contributed by atoms with van der Waals surface area (Å²) in [5.74, 6) is -0.0460. The average Bonchev–Trinajstić information content (AvgIpc) is 2.65. The number of ether oxygens (including phenoxy) is 1. The van der Waals surface area contributed by atoms with Crippen LogP contribution in [0.5, 0.6) is 0 Å². The lowest BCUT2D eigenvalue weighted by atomic mass is 10.3. The van der Waals surface area contributed by atoms with Gasteiger partial charge in [-0.3, -0.25) is 4.79 Å². The van der Waals surface area contributed by atoms with Crippen LogP contribution in [0, 0.1) is 6.92 Å². The Kier molecular flexibility index (Phi) is 4.10. The Hall–Kier alpha value is -1.78. The summed E-state index contributed by atoms with van der Waals surface area (Å²) in [7, 11) is 0. The van der Waals surface area contributed by atoms with Crippen molar-refractivity contribution in [1.29, 1.82) is 0 Å². The molecule has 1 rings (SSSR count). The zero-order valence-corrected chi connectivity index (χ0v) is 9.57. The first-order valence-corrected chi connectivity index (χ1v) is 5.08. The van der Waals surface area contributed by atoms with E-state index < -0.39 is 17.9 Å². The van der Waals surface area contributed by atoms with Crippen molar-refractivity contribution in [3.05, 3.63) is 23.7 Å². The van der Waals surface area contributed by atoms with E-state index in [4.69, 9.17) is 9.15 Å². The van der Waals surface area contributed by atoms with Gasteiger partial charge >= 0.3 is 5.97 Å². The average molecular weight is 225 g/mol. The zero-order chi connectivity index (χ0) is 12.1. The molecule has 1 aromatic rings. The number of rotatable bonds is 4. The summed E-state index contributed by atoms with van der Waals surface area (Å²) >= 11 is 0. The molecule has 16 heavy (non-hydrogen) atoms. The molecule has 0 fully saturated rings. The van der Waals surface area contributed by atoms with Gasteiger partial charge in [0, 0.05) is 0 Å². The molecule has 0 bridgehead atoms. The van der Waals surface area contributed by atoms with Crippen LogP contribution in [0.3, 0.4) is 0 Å². The van der Waals surface area contributed by atoms with Crippen LogP contribution >= 0.6 is 0 Å². The second-order valence-corrected chi connectivity index (χ2v) is 3.36. The van der Waals surface area contributed by atoms with Gasteiger partial charge in [0.1, 0.15) is 11.8 Å². The van der Waals surface area contributed by atoms with E-state index in [2.05, 4.69) is 5.32 Å². The van der Waals surface area contributed by atoms with Crippen LogP contribution in [0.15, 0.2) is 16.5 Å². The molecule has 0 aliphatic carbocycles. The third kappa shape index (κ3) is 3.12. The van der Waals surface area contributed by atoms with Crippen LogP contribution in [0.25, 0.3) is 0 Å². The van der Waals surface area contributed by atoms with Crippen molar-refractivity contribution in [3.63, 3.8) is 0 Å². The standard InChI is InChI=1S/C11H15NO4/c1-4-15-11(14)8(3)12-10(13)9-6-5-7(2)16-9/h5-6,8H,4H2,1-3H3,(H,12,13). The van der Waals surface area contributed by atoms with Crippen LogP contribution < -0.4 is 5.32 Å². The molecule has 88 valence electrons. The Morgan fingerprint density at radius 3 is 2.69 bits per heavy atom. The van der Waals surface area contributed by atoms with Crippen LogP contribution in [0.4, 0.5) is 0 Å². The summed E-state index contributed by atoms with van der Waals surface area (Å²) < 4.78 is 9.88. The number of esters is 1. The number of carbonyl (C=O) groups is 2. The quantitative estimate of drug-likeness (QED) is 0.783. The predicted octanol–water partition coefficient (Wildman–Crippen LogP) is 1.27. The second-order valence-electron chi connectivity index (χ2n) is 3.36. The Morgan fingerprint density at radius 2 is 2.19 bits per heavy atom. The molecule has 1 aromatic heterocycles. The topological polar surface area (TPSA) is 68.5 Å². The largest absolute Gasteiger partial charge is 0.464 e. The van der Waals surface area contributed by atoms with Crippen LogP contribution in [0.2, 0.25) is 0 Å². The van der Waals surface area contributed by atoms with Crippen molar-refractivity contribution in [1.82, 2.24) is 5.32 Å². The summed E-state index contributed by atoms with van der Waals surface area (Å²) in [4.78, 5) is 22.8. The summed E-state index contributed by atoms with van der Waals surface area (Å²) in [6, 6.07) is 2.56. The van der Waals surface area contributed by atoms with Gasteiger partial charge in [-0.2, -0.15) is 0 Å². The minimum atomic E-state index is -0.683. The number of hydrogen-bond acceptors (Lipinski definition) is 4. The molecule has 1 amide bonds. The van der Waals surface area contributed by atoms with E-state index in [1.807, 2.05) is 0 Å². The predicted molar refractivity (Wildman–Crippen MR) is 57.0 cm³/mol. The van der Waals surface area contributed by atoms with Crippen molar-refractivity contribution in [2.45, 2.75) is 26.8 Å². The van der Waals surface area contributed by atoms with Gasteiger partial charge in [0.25, 0.3) is 5.91 Å². The minimum absolute atomic E-state index is 0.189. The van der Waals surface area contributed by atoms with Crippen molar-refractivity contribution in [2.24, 2.45) is 0 Å². The lowest BCUT2D eigenvalue weighted by Crippen LogP contribution is -2.39. The maximum Gasteiger partial charge on any atom is 0.328 e. The van der Waals surface area contributed by atoms with Gasteiger partial charge in [0.05, 0.1) is 6.61 Å². The number of nitrogens with one attached hydrogen (secondary N) is 1. The highest BCUT2D eigenvalue weighted by atomic mass is 16.5. The number of furan rings is 1. The molecule has 0 aliphatic heterocycles. The van der Waals surface area contributed by atoms with Crippen LogP contribution in [-0.4, -0.2) is 24.5 Å². The number of hydrogen-bond donors (Lipinski definition) is 1. The van der Waals surface area contributed by atoms with Gasteiger partial charge in [-0.25, -0.2) is 4.79 Å². The first-order chi connectivity index (χ1) is 7.54. The van der Waals surface area contributed by atoms with Crippen molar-refractivity contribution < 1.29 is 18.7 Å². The van der Waals surface area contributed by atoms with E-state index in [-0.39, 0.29) is 5.76 Å². The molecule has 5 nitrogen and oxygen atoms in total. The maximum atomic E-state index is 11.6. The van der Waals surface area contributed by atoms with Gasteiger partial charge in [-0.15, -0.1) is 0 Å². The molecule has 1 N–H and O–H groups in total. The molecular weight excluding hydrogens is 210 g/mol. The smallest absolute Gasteiger partial charge is 0.328 e. The third-order valence-electron chi connectivity index (χ3n) is 1.95. The lowest BCUT2D eigenvalue weighted by Gasteiger charge is -2.11. The molecule has 1 unspecified atom stereocenters. The molecule has 1 heterocycles. The van der Waals surface area contributed by atoms with E-state index in [0.29, 0.717) is 12.4 Å². The SMILES string of the molecule is CCOC(=O)C(C)NC(=O)c1ccc(C)o1. The Balaban J connectivity index is 2.54. The molecule has 5 heteroatoms. The fourth-order valence-electron chi connectivity index (χ4n) is 1.15. The van der Waals surface area contributed by atoms with Crippen molar-refractivity contribution >= 4 is 11.9 Å². The van der Waals surface area contributed by atoms with Crippen LogP contribution in [-0.2, 0) is 9.53 Å². The Labute approximate surface area is 93.8 Å². The highest BCUT2D eigenvalue weighted by Gasteiger charge is 2.19. The number of carbonyl (C=O) groups excluding carboxylic acids is 2. The lowest BCUT2D eigenvalue weighted by molar-refractivity contribution is -0.144. The summed E-state index contributed by atoms with van der Waals surface area (Å²) in [5.41, 5.74) is 0. The fourth-order valence-corrected chi connectivity index (χ4v) is 1.15. The highest BCUT2D eigenvalue weighted by molar-refractivity contribution is 5.94. The second kappa shape index (κ2) is 5.34. The Bertz CT molecular complexity index is 383. The van der Waals surface area contributed by atoms with Gasteiger partial charge in [0.15, 0.2) is 5.76 Å².